The van der Waals surface area contributed by atoms with Crippen LogP contribution in [0.1, 0.15) is 13.3 Å². The molecule has 0 aromatic heterocycles. The van der Waals surface area contributed by atoms with Crippen LogP contribution in [0.2, 0.25) is 0 Å². The third-order valence-electron chi connectivity index (χ3n) is 2.17. The van der Waals surface area contributed by atoms with Crippen LogP contribution in [0.3, 0.4) is 0 Å². The smallest absolute Gasteiger partial charge is 0.326 e. The highest BCUT2D eigenvalue weighted by Crippen LogP contribution is 2.06. The third kappa shape index (κ3) is 2.18. The number of carbonyl (C=O) groups is 2. The first kappa shape index (κ1) is 9.98. The molecule has 1 heterocycles. The van der Waals surface area contributed by atoms with E-state index in [1.165, 1.54) is 4.90 Å². The lowest BCUT2D eigenvalue weighted by Crippen LogP contribution is -2.54. The first-order chi connectivity index (χ1) is 6.16. The van der Waals surface area contributed by atoms with Crippen LogP contribution < -0.4 is 5.32 Å². The molecule has 1 saturated heterocycles. The second kappa shape index (κ2) is 4.23. The molecule has 0 spiro atoms. The highest BCUT2D eigenvalue weighted by atomic mass is 16.4. The molecule has 0 aromatic carbocycles. The molecule has 0 saturated carbocycles. The molecule has 0 aliphatic carbocycles. The zero-order valence-corrected chi connectivity index (χ0v) is 7.62. The summed E-state index contributed by atoms with van der Waals surface area (Å²) in [4.78, 5) is 23.5. The molecule has 1 aliphatic rings. The molecule has 0 bridgehead atoms. The summed E-state index contributed by atoms with van der Waals surface area (Å²) in [5.41, 5.74) is 0. The predicted octanol–water partition coefficient (Wildman–Crippen LogP) is -0.719. The molecular weight excluding hydrogens is 172 g/mol. The maximum atomic E-state index is 11.3. The summed E-state index contributed by atoms with van der Waals surface area (Å²) in [6, 6.07) is -0.658. The van der Waals surface area contributed by atoms with Gasteiger partial charge in [-0.1, -0.05) is 6.92 Å². The molecule has 5 nitrogen and oxygen atoms in total. The fraction of sp³-hybridized carbons (Fsp3) is 0.750. The SMILES string of the molecule is CCC(C(=O)O)N1CCNCC1=O. The van der Waals surface area contributed by atoms with Gasteiger partial charge < -0.3 is 15.3 Å². The van der Waals surface area contributed by atoms with Crippen molar-refractivity contribution in [3.8, 4) is 0 Å². The number of nitrogens with one attached hydrogen (secondary N) is 1. The molecule has 13 heavy (non-hydrogen) atoms. The van der Waals surface area contributed by atoms with E-state index < -0.39 is 12.0 Å². The van der Waals surface area contributed by atoms with Gasteiger partial charge in [-0.3, -0.25) is 4.79 Å². The van der Waals surface area contributed by atoms with E-state index in [2.05, 4.69) is 5.32 Å². The number of carboxylic acid groups (broad SMARTS) is 1. The molecule has 0 radical (unpaired) electrons. The number of piperazine rings is 1. The molecule has 1 rings (SSSR count). The van der Waals surface area contributed by atoms with Gasteiger partial charge in [0.1, 0.15) is 6.04 Å². The van der Waals surface area contributed by atoms with Crippen molar-refractivity contribution in [2.24, 2.45) is 0 Å². The van der Waals surface area contributed by atoms with E-state index in [1.807, 2.05) is 0 Å². The molecule has 1 amide bonds. The Labute approximate surface area is 76.7 Å². The lowest BCUT2D eigenvalue weighted by molar-refractivity contribution is -0.151. The number of hydrogen-bond acceptors (Lipinski definition) is 3. The standard InChI is InChI=1S/C8H14N2O3/c1-2-6(8(12)13)10-4-3-9-5-7(10)11/h6,9H,2-5H2,1H3,(H,12,13). The van der Waals surface area contributed by atoms with Crippen molar-refractivity contribution < 1.29 is 14.7 Å². The van der Waals surface area contributed by atoms with E-state index in [9.17, 15) is 9.59 Å². The quantitative estimate of drug-likeness (QED) is 0.610. The Kier molecular flexibility index (Phi) is 3.25. The lowest BCUT2D eigenvalue weighted by Gasteiger charge is -2.31. The van der Waals surface area contributed by atoms with Gasteiger partial charge in [0.05, 0.1) is 6.54 Å². The van der Waals surface area contributed by atoms with Crippen molar-refractivity contribution in [2.75, 3.05) is 19.6 Å². The highest BCUT2D eigenvalue weighted by Gasteiger charge is 2.29. The largest absolute Gasteiger partial charge is 0.480 e. The van der Waals surface area contributed by atoms with Gasteiger partial charge in [0.15, 0.2) is 0 Å². The van der Waals surface area contributed by atoms with Crippen LogP contribution in [-0.4, -0.2) is 47.6 Å². The van der Waals surface area contributed by atoms with Crippen molar-refractivity contribution in [3.05, 3.63) is 0 Å². The van der Waals surface area contributed by atoms with E-state index >= 15 is 0 Å². The van der Waals surface area contributed by atoms with Crippen LogP contribution >= 0.6 is 0 Å². The topological polar surface area (TPSA) is 69.6 Å². The highest BCUT2D eigenvalue weighted by molar-refractivity contribution is 5.85. The molecule has 5 heteroatoms. The van der Waals surface area contributed by atoms with Gasteiger partial charge >= 0.3 is 5.97 Å². The average molecular weight is 186 g/mol. The van der Waals surface area contributed by atoms with Crippen LogP contribution in [0.4, 0.5) is 0 Å². The van der Waals surface area contributed by atoms with E-state index in [0.717, 1.165) is 0 Å². The normalized spacial score (nSPS) is 20.1. The minimum absolute atomic E-state index is 0.125. The third-order valence-corrected chi connectivity index (χ3v) is 2.17. The Morgan fingerprint density at radius 1 is 1.77 bits per heavy atom. The summed E-state index contributed by atoms with van der Waals surface area (Å²) in [7, 11) is 0. The van der Waals surface area contributed by atoms with Crippen molar-refractivity contribution in [2.45, 2.75) is 19.4 Å². The first-order valence-electron chi connectivity index (χ1n) is 4.39. The summed E-state index contributed by atoms with van der Waals surface area (Å²) in [5, 5.41) is 11.7. The monoisotopic (exact) mass is 186 g/mol. The van der Waals surface area contributed by atoms with Gasteiger partial charge in [-0.25, -0.2) is 4.79 Å². The Balaban J connectivity index is 2.65. The Bertz CT molecular complexity index is 217. The summed E-state index contributed by atoms with van der Waals surface area (Å²) in [6.45, 7) is 3.19. The van der Waals surface area contributed by atoms with Crippen molar-refractivity contribution in [3.63, 3.8) is 0 Å². The number of carboxylic acids is 1. The van der Waals surface area contributed by atoms with E-state index in [1.54, 1.807) is 6.92 Å². The van der Waals surface area contributed by atoms with Gasteiger partial charge in [0, 0.05) is 13.1 Å². The Morgan fingerprint density at radius 3 is 2.92 bits per heavy atom. The molecule has 1 aliphatic heterocycles. The molecule has 1 atom stereocenters. The summed E-state index contributed by atoms with van der Waals surface area (Å²) < 4.78 is 0. The maximum absolute atomic E-state index is 11.3. The van der Waals surface area contributed by atoms with E-state index in [0.29, 0.717) is 19.5 Å². The van der Waals surface area contributed by atoms with E-state index in [-0.39, 0.29) is 12.5 Å². The fourth-order valence-corrected chi connectivity index (χ4v) is 1.48. The predicted molar refractivity (Wildman–Crippen MR) is 46.3 cm³/mol. The summed E-state index contributed by atoms with van der Waals surface area (Å²) in [6.07, 6.45) is 0.459. The lowest BCUT2D eigenvalue weighted by atomic mass is 10.1. The summed E-state index contributed by atoms with van der Waals surface area (Å²) in [5.74, 6) is -1.04. The minimum Gasteiger partial charge on any atom is -0.480 e. The summed E-state index contributed by atoms with van der Waals surface area (Å²) >= 11 is 0. The fourth-order valence-electron chi connectivity index (χ4n) is 1.48. The van der Waals surface area contributed by atoms with Crippen LogP contribution in [0.25, 0.3) is 0 Å². The van der Waals surface area contributed by atoms with Crippen molar-refractivity contribution in [1.29, 1.82) is 0 Å². The number of hydrogen-bond donors (Lipinski definition) is 2. The van der Waals surface area contributed by atoms with Crippen LogP contribution in [0, 0.1) is 0 Å². The number of amides is 1. The van der Waals surface area contributed by atoms with Gasteiger partial charge in [-0.2, -0.15) is 0 Å². The number of nitrogens with zero attached hydrogens (tertiary/aromatic N) is 1. The van der Waals surface area contributed by atoms with Crippen LogP contribution in [-0.2, 0) is 9.59 Å². The molecular formula is C8H14N2O3. The number of carbonyl (C=O) groups excluding carboxylic acids is 1. The maximum Gasteiger partial charge on any atom is 0.326 e. The molecule has 1 unspecified atom stereocenters. The second-order valence-electron chi connectivity index (χ2n) is 3.03. The second-order valence-corrected chi connectivity index (χ2v) is 3.03. The number of rotatable bonds is 3. The van der Waals surface area contributed by atoms with Gasteiger partial charge in [-0.05, 0) is 6.42 Å². The van der Waals surface area contributed by atoms with Crippen LogP contribution in [0.5, 0.6) is 0 Å². The molecule has 2 N–H and O–H groups in total. The van der Waals surface area contributed by atoms with Gasteiger partial charge in [0.25, 0.3) is 0 Å². The molecule has 0 aromatic rings. The minimum atomic E-state index is -0.919. The average Bonchev–Trinajstić information content (AvgIpc) is 2.09. The zero-order chi connectivity index (χ0) is 9.84. The Hall–Kier alpha value is -1.10. The zero-order valence-electron chi connectivity index (χ0n) is 7.62. The Morgan fingerprint density at radius 2 is 2.46 bits per heavy atom. The van der Waals surface area contributed by atoms with Crippen molar-refractivity contribution >= 4 is 11.9 Å². The molecule has 74 valence electrons. The van der Waals surface area contributed by atoms with Gasteiger partial charge in [0.2, 0.25) is 5.91 Å². The van der Waals surface area contributed by atoms with Crippen molar-refractivity contribution in [1.82, 2.24) is 10.2 Å². The van der Waals surface area contributed by atoms with Crippen LogP contribution in [0.15, 0.2) is 0 Å². The van der Waals surface area contributed by atoms with Gasteiger partial charge in [-0.15, -0.1) is 0 Å². The molecule has 1 fully saturated rings. The first-order valence-corrected chi connectivity index (χ1v) is 4.39. The van der Waals surface area contributed by atoms with E-state index in [4.69, 9.17) is 5.11 Å². The number of aliphatic carboxylic acids is 1.